The number of hydrogen-bond donors (Lipinski definition) is 2. The van der Waals surface area contributed by atoms with E-state index in [1.807, 2.05) is 37.3 Å². The van der Waals surface area contributed by atoms with Crippen molar-refractivity contribution in [3.8, 4) is 5.88 Å². The zero-order valence-corrected chi connectivity index (χ0v) is 15.0. The van der Waals surface area contributed by atoms with E-state index in [0.29, 0.717) is 28.2 Å². The maximum absolute atomic E-state index is 12.4. The number of oxazole rings is 1. The van der Waals surface area contributed by atoms with Gasteiger partial charge in [0.25, 0.3) is 5.91 Å². The van der Waals surface area contributed by atoms with Gasteiger partial charge in [-0.25, -0.2) is 9.78 Å². The molecule has 0 aliphatic heterocycles. The maximum Gasteiger partial charge on any atom is 0.417 e. The van der Waals surface area contributed by atoms with Gasteiger partial charge in [-0.05, 0) is 36.8 Å². The van der Waals surface area contributed by atoms with Crippen LogP contribution in [-0.2, 0) is 0 Å². The van der Waals surface area contributed by atoms with Gasteiger partial charge in [0.05, 0.1) is 11.1 Å². The molecule has 0 radical (unpaired) electrons. The number of pyridine rings is 1. The summed E-state index contributed by atoms with van der Waals surface area (Å²) in [7, 11) is 0. The highest BCUT2D eigenvalue weighted by Crippen LogP contribution is 2.21. The smallest absolute Gasteiger partial charge is 0.417 e. The van der Waals surface area contributed by atoms with E-state index in [4.69, 9.17) is 9.15 Å². The number of anilines is 1. The number of amides is 1. The number of hydrogen-bond acceptors (Lipinski definition) is 5. The molecule has 0 saturated carbocycles. The average Bonchev–Trinajstić information content (AvgIpc) is 3.08. The average molecular weight is 375 g/mol. The molecule has 0 saturated heterocycles. The number of aromatic amines is 1. The van der Waals surface area contributed by atoms with Gasteiger partial charge in [-0.15, -0.1) is 0 Å². The first-order valence-electron chi connectivity index (χ1n) is 8.70. The lowest BCUT2D eigenvalue weighted by Gasteiger charge is -2.14. The van der Waals surface area contributed by atoms with E-state index < -0.39 is 5.76 Å². The van der Waals surface area contributed by atoms with Crippen molar-refractivity contribution in [1.29, 1.82) is 0 Å². The third kappa shape index (κ3) is 3.78. The Hall–Kier alpha value is -3.87. The molecule has 2 N–H and O–H groups in total. The van der Waals surface area contributed by atoms with Gasteiger partial charge in [0.1, 0.15) is 6.10 Å². The lowest BCUT2D eigenvalue weighted by molar-refractivity contribution is 0.102. The SMILES string of the molecule is C[C@H](Oc1ccc(C(=O)Nc2ccc3oc(=O)[nH]c3c2)cn1)c1ccccc1. The second-order valence-corrected chi connectivity index (χ2v) is 6.24. The molecule has 1 amide bonds. The van der Waals surface area contributed by atoms with E-state index in [-0.39, 0.29) is 12.0 Å². The summed E-state index contributed by atoms with van der Waals surface area (Å²) >= 11 is 0. The van der Waals surface area contributed by atoms with Gasteiger partial charge in [0.2, 0.25) is 5.88 Å². The highest BCUT2D eigenvalue weighted by Gasteiger charge is 2.11. The highest BCUT2D eigenvalue weighted by atomic mass is 16.5. The number of carbonyl (C=O) groups excluding carboxylic acids is 1. The molecule has 0 spiro atoms. The number of nitrogens with zero attached hydrogens (tertiary/aromatic N) is 1. The quantitative estimate of drug-likeness (QED) is 0.551. The van der Waals surface area contributed by atoms with Crippen LogP contribution in [0.4, 0.5) is 5.69 Å². The van der Waals surface area contributed by atoms with Crippen LogP contribution in [0.2, 0.25) is 0 Å². The van der Waals surface area contributed by atoms with Crippen molar-refractivity contribution < 1.29 is 13.9 Å². The van der Waals surface area contributed by atoms with E-state index >= 15 is 0 Å². The first kappa shape index (κ1) is 17.5. The van der Waals surface area contributed by atoms with E-state index in [2.05, 4.69) is 15.3 Å². The lowest BCUT2D eigenvalue weighted by atomic mass is 10.1. The zero-order valence-electron chi connectivity index (χ0n) is 15.0. The molecule has 2 aromatic carbocycles. The normalized spacial score (nSPS) is 11.9. The first-order valence-corrected chi connectivity index (χ1v) is 8.70. The van der Waals surface area contributed by atoms with Crippen molar-refractivity contribution in [3.63, 3.8) is 0 Å². The first-order chi connectivity index (χ1) is 13.6. The molecule has 2 aromatic heterocycles. The van der Waals surface area contributed by atoms with E-state index in [1.54, 1.807) is 30.3 Å². The van der Waals surface area contributed by atoms with Crippen LogP contribution in [0.1, 0.15) is 28.9 Å². The van der Waals surface area contributed by atoms with Crippen LogP contribution in [0.15, 0.2) is 76.1 Å². The van der Waals surface area contributed by atoms with Gasteiger partial charge in [-0.2, -0.15) is 0 Å². The number of H-pyrrole nitrogens is 1. The molecule has 0 aliphatic carbocycles. The molecule has 2 heterocycles. The number of benzene rings is 2. The summed E-state index contributed by atoms with van der Waals surface area (Å²) in [5.74, 6) is -0.423. The molecular weight excluding hydrogens is 358 g/mol. The predicted octanol–water partition coefficient (Wildman–Crippen LogP) is 3.91. The second kappa shape index (κ2) is 7.40. The van der Waals surface area contributed by atoms with Crippen molar-refractivity contribution >= 4 is 22.7 Å². The highest BCUT2D eigenvalue weighted by molar-refractivity contribution is 6.04. The maximum atomic E-state index is 12.4. The van der Waals surface area contributed by atoms with Crippen LogP contribution in [-0.4, -0.2) is 15.9 Å². The molecule has 0 aliphatic rings. The van der Waals surface area contributed by atoms with Crippen molar-refractivity contribution in [2.75, 3.05) is 5.32 Å². The Morgan fingerprint density at radius 3 is 2.71 bits per heavy atom. The number of nitrogens with one attached hydrogen (secondary N) is 2. The van der Waals surface area contributed by atoms with Gasteiger partial charge >= 0.3 is 5.76 Å². The van der Waals surface area contributed by atoms with Crippen molar-refractivity contribution in [2.45, 2.75) is 13.0 Å². The van der Waals surface area contributed by atoms with Crippen LogP contribution >= 0.6 is 0 Å². The summed E-state index contributed by atoms with van der Waals surface area (Å²) in [6.45, 7) is 1.94. The minimum Gasteiger partial charge on any atom is -0.470 e. The molecule has 4 aromatic rings. The molecule has 7 nitrogen and oxygen atoms in total. The number of ether oxygens (including phenoxy) is 1. The van der Waals surface area contributed by atoms with Crippen LogP contribution < -0.4 is 15.8 Å². The van der Waals surface area contributed by atoms with Gasteiger partial charge in [0, 0.05) is 18.0 Å². The topological polar surface area (TPSA) is 97.2 Å². The molecule has 28 heavy (non-hydrogen) atoms. The Morgan fingerprint density at radius 1 is 1.14 bits per heavy atom. The van der Waals surface area contributed by atoms with E-state index in [1.165, 1.54) is 6.20 Å². The third-order valence-electron chi connectivity index (χ3n) is 4.24. The van der Waals surface area contributed by atoms with Gasteiger partial charge in [0.15, 0.2) is 5.58 Å². The number of rotatable bonds is 5. The van der Waals surface area contributed by atoms with Crippen molar-refractivity contribution in [2.24, 2.45) is 0 Å². The largest absolute Gasteiger partial charge is 0.470 e. The summed E-state index contributed by atoms with van der Waals surface area (Å²) < 4.78 is 10.8. The summed E-state index contributed by atoms with van der Waals surface area (Å²) in [5.41, 5.74) is 2.91. The van der Waals surface area contributed by atoms with Crippen LogP contribution in [0, 0.1) is 0 Å². The Labute approximate surface area is 160 Å². The summed E-state index contributed by atoms with van der Waals surface area (Å²) in [6, 6.07) is 18.0. The lowest BCUT2D eigenvalue weighted by Crippen LogP contribution is -2.12. The monoisotopic (exact) mass is 375 g/mol. The molecule has 0 bridgehead atoms. The standard InChI is InChI=1S/C21H17N3O4/c1-13(14-5-3-2-4-6-14)27-19-10-7-15(12-22-19)20(25)23-16-8-9-18-17(11-16)24-21(26)28-18/h2-13H,1H3,(H,23,25)(H,24,26)/t13-/m0/s1. The Balaban J connectivity index is 1.43. The molecule has 1 atom stereocenters. The van der Waals surface area contributed by atoms with Crippen molar-refractivity contribution in [3.05, 3.63) is 88.5 Å². The van der Waals surface area contributed by atoms with Gasteiger partial charge in [-0.3, -0.25) is 9.78 Å². The Bertz CT molecular complexity index is 1160. The van der Waals surface area contributed by atoms with Crippen LogP contribution in [0.25, 0.3) is 11.1 Å². The van der Waals surface area contributed by atoms with Crippen molar-refractivity contribution in [1.82, 2.24) is 9.97 Å². The molecular formula is C21H17N3O4. The van der Waals surface area contributed by atoms with E-state index in [0.717, 1.165) is 5.56 Å². The summed E-state index contributed by atoms with van der Waals surface area (Å²) in [5, 5.41) is 2.76. The second-order valence-electron chi connectivity index (χ2n) is 6.24. The Kier molecular flexibility index (Phi) is 4.63. The van der Waals surface area contributed by atoms with Gasteiger partial charge < -0.3 is 14.5 Å². The predicted molar refractivity (Wildman–Crippen MR) is 105 cm³/mol. The fourth-order valence-electron chi connectivity index (χ4n) is 2.79. The number of carbonyl (C=O) groups is 1. The summed E-state index contributed by atoms with van der Waals surface area (Å²) in [4.78, 5) is 30.4. The summed E-state index contributed by atoms with van der Waals surface area (Å²) in [6.07, 6.45) is 1.30. The third-order valence-corrected chi connectivity index (χ3v) is 4.24. The minimum atomic E-state index is -0.539. The molecule has 0 unspecified atom stereocenters. The molecule has 7 heteroatoms. The van der Waals surface area contributed by atoms with E-state index in [9.17, 15) is 9.59 Å². The number of fused-ring (bicyclic) bond motifs is 1. The molecule has 140 valence electrons. The minimum absolute atomic E-state index is 0.155. The van der Waals surface area contributed by atoms with Crippen LogP contribution in [0.3, 0.4) is 0 Å². The zero-order chi connectivity index (χ0) is 19.5. The molecule has 4 rings (SSSR count). The van der Waals surface area contributed by atoms with Gasteiger partial charge in [-0.1, -0.05) is 30.3 Å². The number of aromatic nitrogens is 2. The Morgan fingerprint density at radius 2 is 1.96 bits per heavy atom. The fourth-order valence-corrected chi connectivity index (χ4v) is 2.79. The fraction of sp³-hybridized carbons (Fsp3) is 0.0952. The molecule has 0 fully saturated rings. The van der Waals surface area contributed by atoms with Crippen LogP contribution in [0.5, 0.6) is 5.88 Å².